The number of nitrogens with one attached hydrogen (secondary N) is 1. The Morgan fingerprint density at radius 1 is 1.21 bits per heavy atom. The van der Waals surface area contributed by atoms with Crippen molar-refractivity contribution in [2.75, 3.05) is 31.3 Å². The van der Waals surface area contributed by atoms with Crippen LogP contribution >= 0.6 is 11.8 Å². The number of thioether (sulfide) groups is 1. The summed E-state index contributed by atoms with van der Waals surface area (Å²) in [5.41, 5.74) is 0.634. The Labute approximate surface area is 163 Å². The zero-order valence-electron chi connectivity index (χ0n) is 15.0. The first-order chi connectivity index (χ1) is 13.4. The highest BCUT2D eigenvalue weighted by atomic mass is 32.2. The average molecular weight is 417 g/mol. The van der Waals surface area contributed by atoms with E-state index in [2.05, 4.69) is 20.3 Å². The van der Waals surface area contributed by atoms with E-state index in [9.17, 15) is 25.5 Å². The molecule has 2 aromatic rings. The molecule has 0 aromatic carbocycles. The molecule has 2 aromatic heterocycles. The maximum absolute atomic E-state index is 10.3. The van der Waals surface area contributed by atoms with E-state index in [4.69, 9.17) is 9.84 Å². The van der Waals surface area contributed by atoms with Crippen LogP contribution in [-0.2, 0) is 4.74 Å². The van der Waals surface area contributed by atoms with Gasteiger partial charge in [-0.05, 0) is 6.26 Å². The molecule has 1 fully saturated rings. The molecule has 1 aliphatic heterocycles. The Kier molecular flexibility index (Phi) is 6.67. The summed E-state index contributed by atoms with van der Waals surface area (Å²) >= 11 is 1.26. The van der Waals surface area contributed by atoms with Crippen molar-refractivity contribution < 1.29 is 35.4 Å². The summed E-state index contributed by atoms with van der Waals surface area (Å²) in [6.07, 6.45) is -3.89. The number of nitrogens with zero attached hydrogens (tertiary/aromatic N) is 4. The monoisotopic (exact) mass is 417 g/mol. The van der Waals surface area contributed by atoms with Gasteiger partial charge in [0.2, 0.25) is 0 Å². The molecular weight excluding hydrogens is 394 g/mol. The van der Waals surface area contributed by atoms with E-state index in [0.29, 0.717) is 16.3 Å². The third-order valence-corrected chi connectivity index (χ3v) is 5.03. The number of hydrogen-bond donors (Lipinski definition) is 7. The van der Waals surface area contributed by atoms with Crippen LogP contribution in [0.4, 0.5) is 5.82 Å². The molecule has 3 heterocycles. The van der Waals surface area contributed by atoms with Crippen molar-refractivity contribution in [1.82, 2.24) is 19.5 Å². The molecule has 3 unspecified atom stereocenters. The van der Waals surface area contributed by atoms with Gasteiger partial charge in [-0.3, -0.25) is 4.57 Å². The lowest BCUT2D eigenvalue weighted by Gasteiger charge is -2.18. The van der Waals surface area contributed by atoms with E-state index >= 15 is 0 Å². The van der Waals surface area contributed by atoms with E-state index < -0.39 is 50.0 Å². The zero-order valence-corrected chi connectivity index (χ0v) is 15.8. The summed E-state index contributed by atoms with van der Waals surface area (Å²) in [6, 6.07) is 0. The lowest BCUT2D eigenvalue weighted by Crippen LogP contribution is -2.35. The predicted octanol–water partition coefficient (Wildman–Crippen LogP) is -2.71. The summed E-state index contributed by atoms with van der Waals surface area (Å²) < 4.78 is 6.96. The molecule has 1 aliphatic rings. The first-order valence-corrected chi connectivity index (χ1v) is 9.75. The van der Waals surface area contributed by atoms with Gasteiger partial charge in [-0.15, -0.1) is 0 Å². The molecule has 13 heteroatoms. The van der Waals surface area contributed by atoms with Crippen LogP contribution in [0.3, 0.4) is 0 Å². The lowest BCUT2D eigenvalue weighted by molar-refractivity contribution is -0.0511. The Hall–Kier alpha value is -1.58. The fraction of sp³-hybridized carbons (Fsp3) is 0.667. The van der Waals surface area contributed by atoms with Gasteiger partial charge in [-0.1, -0.05) is 11.8 Å². The topological polar surface area (TPSA) is 186 Å². The van der Waals surface area contributed by atoms with E-state index in [-0.39, 0.29) is 12.4 Å². The fourth-order valence-corrected chi connectivity index (χ4v) is 3.23. The smallest absolute Gasteiger partial charge is 0.191 e. The van der Waals surface area contributed by atoms with Gasteiger partial charge < -0.3 is 40.7 Å². The molecule has 7 N–H and O–H groups in total. The highest BCUT2D eigenvalue weighted by molar-refractivity contribution is 7.98. The summed E-state index contributed by atoms with van der Waals surface area (Å²) in [5, 5.41) is 61.0. The molecule has 0 saturated carbocycles. The summed E-state index contributed by atoms with van der Waals surface area (Å²) in [5.74, 6) is 0.282. The maximum Gasteiger partial charge on any atom is 0.191 e. The third kappa shape index (κ3) is 3.92. The van der Waals surface area contributed by atoms with Crippen LogP contribution in [-0.4, -0.2) is 107 Å². The Bertz CT molecular complexity index is 808. The molecule has 28 heavy (non-hydrogen) atoms. The molecule has 1 saturated heterocycles. The minimum Gasteiger partial charge on any atom is -0.394 e. The number of fused-ring (bicyclic) bond motifs is 1. The second-order valence-corrected chi connectivity index (χ2v) is 7.08. The van der Waals surface area contributed by atoms with Crippen molar-refractivity contribution in [1.29, 1.82) is 0 Å². The van der Waals surface area contributed by atoms with Gasteiger partial charge in [0.25, 0.3) is 0 Å². The van der Waals surface area contributed by atoms with Gasteiger partial charge in [-0.2, -0.15) is 0 Å². The number of aromatic nitrogens is 4. The van der Waals surface area contributed by atoms with Gasteiger partial charge >= 0.3 is 0 Å². The van der Waals surface area contributed by atoms with E-state index in [1.807, 2.05) is 0 Å². The van der Waals surface area contributed by atoms with Crippen LogP contribution < -0.4 is 5.32 Å². The van der Waals surface area contributed by atoms with E-state index in [1.54, 1.807) is 6.26 Å². The number of rotatable bonds is 8. The number of aliphatic hydroxyl groups excluding tert-OH is 6. The lowest BCUT2D eigenvalue weighted by atomic mass is 10.1. The van der Waals surface area contributed by atoms with E-state index in [1.165, 1.54) is 22.7 Å². The summed E-state index contributed by atoms with van der Waals surface area (Å²) in [6.45, 7) is -1.13. The van der Waals surface area contributed by atoms with Crippen LogP contribution in [0.2, 0.25) is 0 Å². The number of hydrogen-bond acceptors (Lipinski definition) is 12. The van der Waals surface area contributed by atoms with Crippen molar-refractivity contribution in [3.63, 3.8) is 0 Å². The highest BCUT2D eigenvalue weighted by Gasteiger charge is 2.44. The second kappa shape index (κ2) is 8.84. The first-order valence-electron chi connectivity index (χ1n) is 8.53. The molecule has 0 spiro atoms. The van der Waals surface area contributed by atoms with E-state index in [0.717, 1.165) is 0 Å². The average Bonchev–Trinajstić information content (AvgIpc) is 3.26. The standard InChI is InChI=1S/C15H23N5O7S/c1-28-15-18-12(16-2-6(23)7(24)3-21)9-13(19-15)20(5-17-9)14-11(26)10(25)8(4-22)27-14/h5-8,10-11,14,21-26H,2-4H2,1H3,(H,16,18,19)/t6?,7?,8-,10-,11-,14?/m1/s1. The van der Waals surface area contributed by atoms with Gasteiger partial charge in [0.15, 0.2) is 28.4 Å². The van der Waals surface area contributed by atoms with Crippen LogP contribution in [0.5, 0.6) is 0 Å². The number of anilines is 1. The minimum atomic E-state index is -1.30. The quantitative estimate of drug-likeness (QED) is 0.174. The second-order valence-electron chi connectivity index (χ2n) is 6.31. The first kappa shape index (κ1) is 21.1. The predicted molar refractivity (Wildman–Crippen MR) is 97.7 cm³/mol. The normalized spacial score (nSPS) is 27.2. The van der Waals surface area contributed by atoms with Crippen LogP contribution in [0.1, 0.15) is 6.23 Å². The molecule has 12 nitrogen and oxygen atoms in total. The highest BCUT2D eigenvalue weighted by Crippen LogP contribution is 2.33. The van der Waals surface area contributed by atoms with Crippen molar-refractivity contribution in [2.45, 2.75) is 41.9 Å². The van der Waals surface area contributed by atoms with Crippen molar-refractivity contribution >= 4 is 28.7 Å². The summed E-state index contributed by atoms with van der Waals surface area (Å²) in [4.78, 5) is 12.9. The van der Waals surface area contributed by atoms with Crippen molar-refractivity contribution in [2.24, 2.45) is 0 Å². The van der Waals surface area contributed by atoms with Crippen molar-refractivity contribution in [3.8, 4) is 0 Å². The number of imidazole rings is 1. The molecule has 156 valence electrons. The van der Waals surface area contributed by atoms with Crippen LogP contribution in [0, 0.1) is 0 Å². The van der Waals surface area contributed by atoms with Gasteiger partial charge in [0.05, 0.1) is 25.6 Å². The van der Waals surface area contributed by atoms with Gasteiger partial charge in [-0.25, -0.2) is 15.0 Å². The van der Waals surface area contributed by atoms with Crippen LogP contribution in [0.25, 0.3) is 11.2 Å². The molecule has 0 bridgehead atoms. The van der Waals surface area contributed by atoms with Crippen LogP contribution in [0.15, 0.2) is 11.5 Å². The van der Waals surface area contributed by atoms with Crippen molar-refractivity contribution in [3.05, 3.63) is 6.33 Å². The molecule has 0 aliphatic carbocycles. The fourth-order valence-electron chi connectivity index (χ4n) is 2.87. The molecule has 6 atom stereocenters. The SMILES string of the molecule is CSc1nc(NCC(O)C(O)CO)c2ncn(C3O[C@H](CO)[C@@H](O)[C@H]3O)c2n1. The Morgan fingerprint density at radius 3 is 2.57 bits per heavy atom. The molecular formula is C15H23N5O7S. The molecule has 0 radical (unpaired) electrons. The third-order valence-electron chi connectivity index (χ3n) is 4.48. The van der Waals surface area contributed by atoms with Gasteiger partial charge in [0.1, 0.15) is 24.4 Å². The largest absolute Gasteiger partial charge is 0.394 e. The molecule has 0 amide bonds. The number of aliphatic hydroxyl groups is 6. The van der Waals surface area contributed by atoms with Gasteiger partial charge in [0, 0.05) is 6.54 Å². The number of ether oxygens (including phenoxy) is 1. The Morgan fingerprint density at radius 2 is 1.96 bits per heavy atom. The zero-order chi connectivity index (χ0) is 20.4. The minimum absolute atomic E-state index is 0.0949. The summed E-state index contributed by atoms with van der Waals surface area (Å²) in [7, 11) is 0. The Balaban J connectivity index is 1.93. The maximum atomic E-state index is 10.3. The molecule has 3 rings (SSSR count).